The molecule has 3 atom stereocenters. The maximum absolute atomic E-state index is 9.47. The highest BCUT2D eigenvalue weighted by Crippen LogP contribution is 2.35. The molecule has 0 saturated carbocycles. The van der Waals surface area contributed by atoms with E-state index < -0.39 is 0 Å². The molecular formula is C17H24N2OS. The molecule has 1 aromatic carbocycles. The summed E-state index contributed by atoms with van der Waals surface area (Å²) < 4.78 is 0. The Morgan fingerprint density at radius 3 is 3.00 bits per heavy atom. The van der Waals surface area contributed by atoms with Crippen molar-refractivity contribution in [3.63, 3.8) is 0 Å². The molecule has 0 saturated heterocycles. The number of thioether (sulfide) groups is 1. The van der Waals surface area contributed by atoms with E-state index in [-0.39, 0.29) is 11.9 Å². The van der Waals surface area contributed by atoms with Crippen LogP contribution in [0, 0.1) is 0 Å². The maximum Gasteiger partial charge on any atom is 0.0564 e. The summed E-state index contributed by atoms with van der Waals surface area (Å²) in [6.07, 6.45) is 5.62. The van der Waals surface area contributed by atoms with E-state index in [9.17, 15) is 5.11 Å². The van der Waals surface area contributed by atoms with Gasteiger partial charge in [-0.2, -0.15) is 11.8 Å². The third kappa shape index (κ3) is 2.85. The van der Waals surface area contributed by atoms with E-state index in [4.69, 9.17) is 0 Å². The summed E-state index contributed by atoms with van der Waals surface area (Å²) in [7, 11) is 0. The van der Waals surface area contributed by atoms with E-state index in [1.54, 1.807) is 11.8 Å². The van der Waals surface area contributed by atoms with Gasteiger partial charge in [0.05, 0.1) is 6.61 Å². The van der Waals surface area contributed by atoms with E-state index >= 15 is 0 Å². The largest absolute Gasteiger partial charge is 0.395 e. The van der Waals surface area contributed by atoms with Gasteiger partial charge < -0.3 is 15.4 Å². The first-order chi connectivity index (χ1) is 10.2. The van der Waals surface area contributed by atoms with Crippen molar-refractivity contribution in [2.75, 3.05) is 12.9 Å². The van der Waals surface area contributed by atoms with Crippen LogP contribution in [-0.4, -0.2) is 34.2 Å². The summed E-state index contributed by atoms with van der Waals surface area (Å²) in [6, 6.07) is 9.25. The van der Waals surface area contributed by atoms with Gasteiger partial charge in [0.15, 0.2) is 0 Å². The third-order valence-electron chi connectivity index (χ3n) is 4.62. The van der Waals surface area contributed by atoms with E-state index in [0.717, 1.165) is 12.8 Å². The number of rotatable bonds is 5. The molecular weight excluding hydrogens is 280 g/mol. The zero-order chi connectivity index (χ0) is 14.8. The van der Waals surface area contributed by atoms with Crippen LogP contribution in [0.4, 0.5) is 0 Å². The number of hydrogen-bond donors (Lipinski definition) is 3. The highest BCUT2D eigenvalue weighted by Gasteiger charge is 2.27. The van der Waals surface area contributed by atoms with Crippen LogP contribution in [0.5, 0.6) is 0 Å². The summed E-state index contributed by atoms with van der Waals surface area (Å²) >= 11 is 1.73. The Labute approximate surface area is 130 Å². The molecule has 3 N–H and O–H groups in total. The smallest absolute Gasteiger partial charge is 0.0564 e. The molecule has 1 aromatic heterocycles. The Kier molecular flexibility index (Phi) is 4.57. The molecule has 1 aliphatic carbocycles. The molecule has 2 aromatic rings. The molecule has 0 bridgehead atoms. The number of H-pyrrole nitrogens is 1. The van der Waals surface area contributed by atoms with Crippen LogP contribution in [0.3, 0.4) is 0 Å². The zero-order valence-corrected chi connectivity index (χ0v) is 13.5. The molecule has 0 radical (unpaired) electrons. The molecule has 1 aliphatic rings. The van der Waals surface area contributed by atoms with Crippen molar-refractivity contribution >= 4 is 22.7 Å². The van der Waals surface area contributed by atoms with Crippen molar-refractivity contribution in [3.05, 3.63) is 35.5 Å². The van der Waals surface area contributed by atoms with Crippen molar-refractivity contribution in [2.24, 2.45) is 0 Å². The zero-order valence-electron chi connectivity index (χ0n) is 12.7. The number of para-hydroxylation sites is 1. The topological polar surface area (TPSA) is 48.0 Å². The number of hydrogen-bond acceptors (Lipinski definition) is 3. The normalized spacial score (nSPS) is 21.2. The van der Waals surface area contributed by atoms with Crippen molar-refractivity contribution in [1.82, 2.24) is 10.3 Å². The van der Waals surface area contributed by atoms with Crippen LogP contribution < -0.4 is 5.32 Å². The number of benzene rings is 1. The van der Waals surface area contributed by atoms with Crippen molar-refractivity contribution in [2.45, 2.75) is 43.5 Å². The number of aromatic amines is 1. The minimum Gasteiger partial charge on any atom is -0.395 e. The van der Waals surface area contributed by atoms with Crippen molar-refractivity contribution in [1.29, 1.82) is 0 Å². The molecule has 21 heavy (non-hydrogen) atoms. The summed E-state index contributed by atoms with van der Waals surface area (Å²) in [5.74, 6) is 0. The minimum absolute atomic E-state index is 0.224. The Morgan fingerprint density at radius 1 is 1.43 bits per heavy atom. The molecule has 3 nitrogen and oxygen atoms in total. The third-order valence-corrected chi connectivity index (χ3v) is 5.78. The van der Waals surface area contributed by atoms with Crippen LogP contribution in [-0.2, 0) is 6.42 Å². The minimum atomic E-state index is 0.224. The van der Waals surface area contributed by atoms with Crippen LogP contribution in [0.15, 0.2) is 24.3 Å². The standard InChI is InChI=1S/C17H24N2OS/c1-11(16(10-20)21-2)18-15-9-5-7-13-12-6-3-4-8-14(12)19-17(13)15/h3-4,6,8,11,15-16,18-20H,5,7,9-10H2,1-2H3. The van der Waals surface area contributed by atoms with Gasteiger partial charge in [-0.1, -0.05) is 18.2 Å². The highest BCUT2D eigenvalue weighted by molar-refractivity contribution is 7.99. The number of aliphatic hydroxyl groups excluding tert-OH is 1. The fourth-order valence-corrected chi connectivity index (χ4v) is 4.08. The van der Waals surface area contributed by atoms with E-state index in [1.807, 2.05) is 0 Å². The Hall–Kier alpha value is -0.970. The Bertz CT molecular complexity index is 606. The molecule has 1 heterocycles. The Balaban J connectivity index is 1.87. The lowest BCUT2D eigenvalue weighted by atomic mass is 9.91. The van der Waals surface area contributed by atoms with Gasteiger partial charge in [0.1, 0.15) is 0 Å². The number of aromatic nitrogens is 1. The lowest BCUT2D eigenvalue weighted by molar-refractivity contribution is 0.267. The van der Waals surface area contributed by atoms with Gasteiger partial charge >= 0.3 is 0 Å². The predicted molar refractivity (Wildman–Crippen MR) is 91.0 cm³/mol. The summed E-state index contributed by atoms with van der Waals surface area (Å²) in [4.78, 5) is 3.61. The van der Waals surface area contributed by atoms with Gasteiger partial charge in [-0.05, 0) is 44.1 Å². The average Bonchev–Trinajstić information content (AvgIpc) is 2.88. The first kappa shape index (κ1) is 14.9. The SMILES string of the molecule is CSC(CO)C(C)NC1CCCc2c1[nH]c1ccccc21. The lowest BCUT2D eigenvalue weighted by Crippen LogP contribution is -2.40. The molecule has 0 amide bonds. The van der Waals surface area contributed by atoms with Crippen LogP contribution in [0.25, 0.3) is 10.9 Å². The number of aryl methyl sites for hydroxylation is 1. The Morgan fingerprint density at radius 2 is 2.24 bits per heavy atom. The van der Waals surface area contributed by atoms with Crippen molar-refractivity contribution in [3.8, 4) is 0 Å². The molecule has 4 heteroatoms. The first-order valence-corrected chi connectivity index (χ1v) is 9.02. The van der Waals surface area contributed by atoms with Gasteiger partial charge in [-0.25, -0.2) is 0 Å². The molecule has 3 unspecified atom stereocenters. The van der Waals surface area contributed by atoms with Gasteiger partial charge in [0.2, 0.25) is 0 Å². The second-order valence-electron chi connectivity index (χ2n) is 5.92. The number of nitrogens with one attached hydrogen (secondary N) is 2. The molecule has 0 fully saturated rings. The second kappa shape index (κ2) is 6.42. The van der Waals surface area contributed by atoms with Crippen LogP contribution in [0.1, 0.15) is 37.1 Å². The summed E-state index contributed by atoms with van der Waals surface area (Å²) in [5.41, 5.74) is 4.07. The van der Waals surface area contributed by atoms with Crippen LogP contribution in [0.2, 0.25) is 0 Å². The van der Waals surface area contributed by atoms with Gasteiger partial charge in [-0.3, -0.25) is 0 Å². The molecule has 0 aliphatic heterocycles. The van der Waals surface area contributed by atoms with E-state index in [1.165, 1.54) is 28.6 Å². The van der Waals surface area contributed by atoms with Gasteiger partial charge in [-0.15, -0.1) is 0 Å². The quantitative estimate of drug-likeness (QED) is 0.795. The molecule has 3 rings (SSSR count). The maximum atomic E-state index is 9.47. The van der Waals surface area contributed by atoms with Gasteiger partial charge in [0, 0.05) is 33.9 Å². The lowest BCUT2D eigenvalue weighted by Gasteiger charge is -2.30. The summed E-state index contributed by atoms with van der Waals surface area (Å²) in [6.45, 7) is 2.40. The van der Waals surface area contributed by atoms with Crippen LogP contribution >= 0.6 is 11.8 Å². The van der Waals surface area contributed by atoms with E-state index in [0.29, 0.717) is 12.1 Å². The second-order valence-corrected chi connectivity index (χ2v) is 7.00. The number of aliphatic hydroxyl groups is 1. The summed E-state index contributed by atoms with van der Waals surface area (Å²) in [5, 5.41) is 14.8. The fraction of sp³-hybridized carbons (Fsp3) is 0.529. The average molecular weight is 304 g/mol. The fourth-order valence-electron chi connectivity index (χ4n) is 3.44. The number of fused-ring (bicyclic) bond motifs is 3. The molecule has 114 valence electrons. The molecule has 0 spiro atoms. The monoisotopic (exact) mass is 304 g/mol. The first-order valence-electron chi connectivity index (χ1n) is 7.73. The van der Waals surface area contributed by atoms with E-state index in [2.05, 4.69) is 47.7 Å². The predicted octanol–water partition coefficient (Wildman–Crippen LogP) is 3.25. The van der Waals surface area contributed by atoms with Crippen molar-refractivity contribution < 1.29 is 5.11 Å². The van der Waals surface area contributed by atoms with Gasteiger partial charge in [0.25, 0.3) is 0 Å². The highest BCUT2D eigenvalue weighted by atomic mass is 32.2.